The van der Waals surface area contributed by atoms with E-state index in [1.807, 2.05) is 54.6 Å². The Kier molecular flexibility index (Phi) is 2.99. The summed E-state index contributed by atoms with van der Waals surface area (Å²) in [5.41, 5.74) is 7.86. The van der Waals surface area contributed by atoms with Crippen molar-refractivity contribution in [1.29, 1.82) is 0 Å². The Morgan fingerprint density at radius 3 is 2.40 bits per heavy atom. The van der Waals surface area contributed by atoms with Gasteiger partial charge in [-0.2, -0.15) is 0 Å². The smallest absolute Gasteiger partial charge is 0.239 e. The molecule has 1 atom stereocenters. The highest BCUT2D eigenvalue weighted by molar-refractivity contribution is 6.09. The Morgan fingerprint density at radius 1 is 1.05 bits per heavy atom. The van der Waals surface area contributed by atoms with Gasteiger partial charge in [0.1, 0.15) is 6.54 Å². The zero-order chi connectivity index (χ0) is 14.1. The maximum atomic E-state index is 12.6. The minimum atomic E-state index is -0.512. The van der Waals surface area contributed by atoms with Crippen LogP contribution in [0.15, 0.2) is 54.6 Å². The van der Waals surface area contributed by atoms with Crippen molar-refractivity contribution in [3.05, 3.63) is 65.7 Å². The standard InChI is InChI=1S/C16H14N2O2/c17-14(19)10-18-13-9-5-4-8-12(13)15(16(18)20)11-6-2-1-3-7-11/h1-9,15H,10H2,(H2,17,19)/t15-/m1/s1. The fraction of sp³-hybridized carbons (Fsp3) is 0.125. The first-order valence-electron chi connectivity index (χ1n) is 6.42. The Morgan fingerprint density at radius 2 is 1.70 bits per heavy atom. The normalized spacial score (nSPS) is 17.1. The molecule has 2 aromatic carbocycles. The Bertz CT molecular complexity index is 667. The van der Waals surface area contributed by atoms with Gasteiger partial charge in [-0.15, -0.1) is 0 Å². The molecule has 2 aromatic rings. The van der Waals surface area contributed by atoms with Crippen molar-refractivity contribution in [2.45, 2.75) is 5.92 Å². The van der Waals surface area contributed by atoms with Crippen LogP contribution in [0.3, 0.4) is 0 Å². The molecule has 1 aliphatic rings. The van der Waals surface area contributed by atoms with Gasteiger partial charge in [-0.25, -0.2) is 0 Å². The largest absolute Gasteiger partial charge is 0.368 e. The van der Waals surface area contributed by atoms with E-state index in [2.05, 4.69) is 0 Å². The number of hydrogen-bond donors (Lipinski definition) is 1. The van der Waals surface area contributed by atoms with Gasteiger partial charge >= 0.3 is 0 Å². The van der Waals surface area contributed by atoms with E-state index in [-0.39, 0.29) is 18.4 Å². The first-order chi connectivity index (χ1) is 9.68. The van der Waals surface area contributed by atoms with Crippen molar-refractivity contribution >= 4 is 17.5 Å². The molecule has 0 spiro atoms. The number of amides is 2. The summed E-state index contributed by atoms with van der Waals surface area (Å²) in [6.45, 7) is -0.0841. The lowest BCUT2D eigenvalue weighted by molar-refractivity contribution is -0.122. The predicted molar refractivity (Wildman–Crippen MR) is 76.3 cm³/mol. The molecule has 3 rings (SSSR count). The van der Waals surface area contributed by atoms with Crippen LogP contribution < -0.4 is 10.6 Å². The van der Waals surface area contributed by atoms with E-state index in [1.54, 1.807) is 0 Å². The monoisotopic (exact) mass is 266 g/mol. The van der Waals surface area contributed by atoms with Crippen LogP contribution in [-0.2, 0) is 9.59 Å². The van der Waals surface area contributed by atoms with E-state index >= 15 is 0 Å². The minimum absolute atomic E-state index is 0.0841. The molecular formula is C16H14N2O2. The van der Waals surface area contributed by atoms with Crippen molar-refractivity contribution in [1.82, 2.24) is 0 Å². The zero-order valence-corrected chi connectivity index (χ0v) is 10.8. The van der Waals surface area contributed by atoms with E-state index in [9.17, 15) is 9.59 Å². The summed E-state index contributed by atoms with van der Waals surface area (Å²) < 4.78 is 0. The van der Waals surface area contributed by atoms with Gasteiger partial charge in [-0.05, 0) is 17.2 Å². The summed E-state index contributed by atoms with van der Waals surface area (Å²) in [5.74, 6) is -0.968. The second kappa shape index (κ2) is 4.81. The van der Waals surface area contributed by atoms with Crippen LogP contribution in [0.25, 0.3) is 0 Å². The van der Waals surface area contributed by atoms with Crippen LogP contribution in [0.1, 0.15) is 17.0 Å². The van der Waals surface area contributed by atoms with Crippen molar-refractivity contribution in [2.75, 3.05) is 11.4 Å². The van der Waals surface area contributed by atoms with Crippen LogP contribution in [0.2, 0.25) is 0 Å². The maximum absolute atomic E-state index is 12.6. The summed E-state index contributed by atoms with van der Waals surface area (Å²) in [6.07, 6.45) is 0. The summed E-state index contributed by atoms with van der Waals surface area (Å²) in [6, 6.07) is 17.1. The van der Waals surface area contributed by atoms with Gasteiger partial charge < -0.3 is 10.6 Å². The van der Waals surface area contributed by atoms with Gasteiger partial charge in [0.25, 0.3) is 0 Å². The SMILES string of the molecule is NC(=O)CN1C(=O)[C@H](c2ccccc2)c2ccccc21. The summed E-state index contributed by atoms with van der Waals surface area (Å²) in [4.78, 5) is 25.3. The van der Waals surface area contributed by atoms with Crippen molar-refractivity contribution in [3.8, 4) is 0 Å². The molecule has 0 bridgehead atoms. The first-order valence-corrected chi connectivity index (χ1v) is 6.42. The number of fused-ring (bicyclic) bond motifs is 1. The molecule has 0 radical (unpaired) electrons. The van der Waals surface area contributed by atoms with E-state index in [0.717, 1.165) is 16.8 Å². The summed E-state index contributed by atoms with van der Waals surface area (Å²) in [7, 11) is 0. The third kappa shape index (κ3) is 1.95. The molecule has 100 valence electrons. The zero-order valence-electron chi connectivity index (χ0n) is 10.8. The second-order valence-corrected chi connectivity index (χ2v) is 4.79. The van der Waals surface area contributed by atoms with Gasteiger partial charge in [0.05, 0.1) is 5.92 Å². The highest BCUT2D eigenvalue weighted by Crippen LogP contribution is 2.40. The molecule has 2 N–H and O–H groups in total. The average molecular weight is 266 g/mol. The molecule has 1 aliphatic heterocycles. The highest BCUT2D eigenvalue weighted by atomic mass is 16.2. The average Bonchev–Trinajstić information content (AvgIpc) is 2.72. The number of rotatable bonds is 3. The molecule has 0 unspecified atom stereocenters. The third-order valence-corrected chi connectivity index (χ3v) is 3.50. The van der Waals surface area contributed by atoms with Crippen LogP contribution in [0.5, 0.6) is 0 Å². The predicted octanol–water partition coefficient (Wildman–Crippen LogP) is 1.65. The molecule has 2 amide bonds. The Hall–Kier alpha value is -2.62. The van der Waals surface area contributed by atoms with Crippen molar-refractivity contribution in [3.63, 3.8) is 0 Å². The number of nitrogens with two attached hydrogens (primary N) is 1. The molecule has 0 fully saturated rings. The molecule has 0 saturated heterocycles. The van der Waals surface area contributed by atoms with Crippen LogP contribution in [0.4, 0.5) is 5.69 Å². The van der Waals surface area contributed by atoms with Crippen LogP contribution in [0, 0.1) is 0 Å². The fourth-order valence-corrected chi connectivity index (χ4v) is 2.67. The van der Waals surface area contributed by atoms with Gasteiger partial charge in [-0.1, -0.05) is 48.5 Å². The molecule has 0 saturated carbocycles. The quantitative estimate of drug-likeness (QED) is 0.918. The topological polar surface area (TPSA) is 63.4 Å². The van der Waals surface area contributed by atoms with Crippen molar-refractivity contribution in [2.24, 2.45) is 5.73 Å². The first kappa shape index (κ1) is 12.4. The lowest BCUT2D eigenvalue weighted by Crippen LogP contribution is -2.37. The summed E-state index contributed by atoms with van der Waals surface area (Å²) in [5, 5.41) is 0. The molecule has 1 heterocycles. The van der Waals surface area contributed by atoms with E-state index in [4.69, 9.17) is 5.73 Å². The van der Waals surface area contributed by atoms with Gasteiger partial charge in [-0.3, -0.25) is 9.59 Å². The number of carbonyl (C=O) groups excluding carboxylic acids is 2. The highest BCUT2D eigenvalue weighted by Gasteiger charge is 2.38. The number of carbonyl (C=O) groups is 2. The Labute approximate surface area is 116 Å². The summed E-state index contributed by atoms with van der Waals surface area (Å²) >= 11 is 0. The third-order valence-electron chi connectivity index (χ3n) is 3.50. The number of benzene rings is 2. The lowest BCUT2D eigenvalue weighted by Gasteiger charge is -2.15. The minimum Gasteiger partial charge on any atom is -0.368 e. The number of para-hydroxylation sites is 1. The number of hydrogen-bond acceptors (Lipinski definition) is 2. The molecule has 0 aromatic heterocycles. The molecule has 20 heavy (non-hydrogen) atoms. The fourth-order valence-electron chi connectivity index (χ4n) is 2.67. The number of anilines is 1. The van der Waals surface area contributed by atoms with Crippen molar-refractivity contribution < 1.29 is 9.59 Å². The van der Waals surface area contributed by atoms with Gasteiger partial charge in [0.15, 0.2) is 0 Å². The number of nitrogens with zero attached hydrogens (tertiary/aromatic N) is 1. The van der Waals surface area contributed by atoms with E-state index < -0.39 is 5.91 Å². The lowest BCUT2D eigenvalue weighted by atomic mass is 9.93. The second-order valence-electron chi connectivity index (χ2n) is 4.79. The number of primary amides is 1. The van der Waals surface area contributed by atoms with Gasteiger partial charge in [0, 0.05) is 5.69 Å². The molecule has 4 heteroatoms. The Balaban J connectivity index is 2.09. The van der Waals surface area contributed by atoms with E-state index in [1.165, 1.54) is 4.90 Å². The van der Waals surface area contributed by atoms with Gasteiger partial charge in [0.2, 0.25) is 11.8 Å². The van der Waals surface area contributed by atoms with Crippen LogP contribution in [-0.4, -0.2) is 18.4 Å². The molecule has 0 aliphatic carbocycles. The van der Waals surface area contributed by atoms with Crippen LogP contribution >= 0.6 is 0 Å². The maximum Gasteiger partial charge on any atom is 0.239 e. The van der Waals surface area contributed by atoms with E-state index in [0.29, 0.717) is 0 Å². The molecule has 4 nitrogen and oxygen atoms in total. The molecular weight excluding hydrogens is 252 g/mol.